The minimum Gasteiger partial charge on any atom is -0.490 e. The van der Waals surface area contributed by atoms with Crippen molar-refractivity contribution in [3.63, 3.8) is 0 Å². The van der Waals surface area contributed by atoms with Crippen LogP contribution in [-0.2, 0) is 9.59 Å². The van der Waals surface area contributed by atoms with Gasteiger partial charge in [-0.3, -0.25) is 4.79 Å². The van der Waals surface area contributed by atoms with Gasteiger partial charge in [0.05, 0.1) is 18.2 Å². The molecule has 0 aliphatic carbocycles. The van der Waals surface area contributed by atoms with E-state index in [0.29, 0.717) is 34.9 Å². The van der Waals surface area contributed by atoms with E-state index in [0.717, 1.165) is 5.56 Å². The summed E-state index contributed by atoms with van der Waals surface area (Å²) in [5.41, 5.74) is 2.92. The first-order chi connectivity index (χ1) is 15.3. The molecule has 1 aliphatic heterocycles. The predicted molar refractivity (Wildman–Crippen MR) is 118 cm³/mol. The van der Waals surface area contributed by atoms with Crippen LogP contribution in [0.25, 0.3) is 0 Å². The molecule has 168 valence electrons. The van der Waals surface area contributed by atoms with Crippen molar-refractivity contribution in [1.29, 1.82) is 0 Å². The molecule has 1 heterocycles. The molecular weight excluding hydrogens is 414 g/mol. The van der Waals surface area contributed by atoms with E-state index in [2.05, 4.69) is 16.0 Å². The lowest BCUT2D eigenvalue weighted by Gasteiger charge is -2.29. The summed E-state index contributed by atoms with van der Waals surface area (Å²) in [4.78, 5) is 36.2. The molecule has 3 rings (SSSR count). The molecule has 0 fully saturated rings. The van der Waals surface area contributed by atoms with Gasteiger partial charge in [0.2, 0.25) is 0 Å². The first-order valence-electron chi connectivity index (χ1n) is 10.1. The van der Waals surface area contributed by atoms with Gasteiger partial charge in [0, 0.05) is 11.4 Å². The Morgan fingerprint density at radius 3 is 2.53 bits per heavy atom. The average Bonchev–Trinajstić information content (AvgIpc) is 2.74. The van der Waals surface area contributed by atoms with Gasteiger partial charge in [0.1, 0.15) is 0 Å². The summed E-state index contributed by atoms with van der Waals surface area (Å²) in [6, 6.07) is 11.0. The van der Waals surface area contributed by atoms with Crippen LogP contribution < -0.4 is 25.4 Å². The van der Waals surface area contributed by atoms with Crippen molar-refractivity contribution in [2.24, 2.45) is 0 Å². The molecule has 0 saturated carbocycles. The fourth-order valence-corrected chi connectivity index (χ4v) is 3.38. The summed E-state index contributed by atoms with van der Waals surface area (Å²) in [5.74, 6) is -0.908. The highest BCUT2D eigenvalue weighted by Gasteiger charge is 2.32. The van der Waals surface area contributed by atoms with E-state index in [-0.39, 0.29) is 11.7 Å². The number of aliphatic carboxylic acids is 1. The van der Waals surface area contributed by atoms with E-state index in [1.165, 1.54) is 0 Å². The number of carboxylic acids is 1. The summed E-state index contributed by atoms with van der Waals surface area (Å²) in [5, 5.41) is 17.2. The van der Waals surface area contributed by atoms with E-state index in [1.54, 1.807) is 38.1 Å². The van der Waals surface area contributed by atoms with Crippen LogP contribution in [-0.4, -0.2) is 36.2 Å². The molecule has 9 nitrogen and oxygen atoms in total. The highest BCUT2D eigenvalue weighted by atomic mass is 16.5. The van der Waals surface area contributed by atoms with Crippen molar-refractivity contribution in [3.05, 3.63) is 64.9 Å². The van der Waals surface area contributed by atoms with Crippen LogP contribution in [0.1, 0.15) is 31.0 Å². The number of amides is 3. The van der Waals surface area contributed by atoms with E-state index in [4.69, 9.17) is 14.6 Å². The van der Waals surface area contributed by atoms with Gasteiger partial charge in [-0.2, -0.15) is 0 Å². The SMILES string of the molecule is CCOc1cc([C@H]2NC(=O)NC(C)=C2C(=O)Nc2ccccc2C)ccc1OCC(=O)O. The molecule has 9 heteroatoms. The Balaban J connectivity index is 1.96. The minimum atomic E-state index is -1.11. The summed E-state index contributed by atoms with van der Waals surface area (Å²) in [7, 11) is 0. The number of urea groups is 1. The molecule has 0 bridgehead atoms. The number of hydrogen-bond donors (Lipinski definition) is 4. The number of nitrogens with one attached hydrogen (secondary N) is 3. The highest BCUT2D eigenvalue weighted by Crippen LogP contribution is 2.35. The number of hydrogen-bond acceptors (Lipinski definition) is 5. The van der Waals surface area contributed by atoms with Crippen LogP contribution in [0.4, 0.5) is 10.5 Å². The number of anilines is 1. The number of para-hydroxylation sites is 1. The lowest BCUT2D eigenvalue weighted by atomic mass is 9.94. The zero-order chi connectivity index (χ0) is 23.3. The van der Waals surface area contributed by atoms with Gasteiger partial charge in [0.15, 0.2) is 18.1 Å². The lowest BCUT2D eigenvalue weighted by molar-refractivity contribution is -0.139. The molecule has 1 atom stereocenters. The molecule has 1 aliphatic rings. The summed E-state index contributed by atoms with van der Waals surface area (Å²) in [6.07, 6.45) is 0. The second-order valence-electron chi connectivity index (χ2n) is 7.16. The maximum Gasteiger partial charge on any atom is 0.341 e. The summed E-state index contributed by atoms with van der Waals surface area (Å²) < 4.78 is 10.9. The zero-order valence-corrected chi connectivity index (χ0v) is 18.0. The topological polar surface area (TPSA) is 126 Å². The fraction of sp³-hybridized carbons (Fsp3) is 0.261. The van der Waals surface area contributed by atoms with Crippen molar-refractivity contribution < 1.29 is 29.0 Å². The zero-order valence-electron chi connectivity index (χ0n) is 18.0. The van der Waals surface area contributed by atoms with Gasteiger partial charge >= 0.3 is 12.0 Å². The van der Waals surface area contributed by atoms with Crippen LogP contribution in [0, 0.1) is 6.92 Å². The summed E-state index contributed by atoms with van der Waals surface area (Å²) >= 11 is 0. The Morgan fingerprint density at radius 2 is 1.84 bits per heavy atom. The maximum absolute atomic E-state index is 13.2. The largest absolute Gasteiger partial charge is 0.490 e. The normalized spacial score (nSPS) is 15.5. The Labute approximate surface area is 185 Å². The molecule has 2 aromatic rings. The van der Waals surface area contributed by atoms with Gasteiger partial charge < -0.3 is 30.5 Å². The molecule has 32 heavy (non-hydrogen) atoms. The van der Waals surface area contributed by atoms with E-state index in [9.17, 15) is 14.4 Å². The van der Waals surface area contributed by atoms with Gasteiger partial charge in [-0.15, -0.1) is 0 Å². The third-order valence-electron chi connectivity index (χ3n) is 4.86. The quantitative estimate of drug-likeness (QED) is 0.501. The standard InChI is InChI=1S/C23H25N3O6/c1-4-31-18-11-15(9-10-17(18)32-12-19(27)28)21-20(14(3)24-23(30)26-21)22(29)25-16-8-6-5-7-13(16)2/h5-11,21H,4,12H2,1-3H3,(H,25,29)(H,27,28)(H2,24,26,30)/t21-/m1/s1. The van der Waals surface area contributed by atoms with Crippen molar-refractivity contribution in [1.82, 2.24) is 10.6 Å². The van der Waals surface area contributed by atoms with Gasteiger partial charge in [0.25, 0.3) is 5.91 Å². The van der Waals surface area contributed by atoms with Crippen LogP contribution in [0.3, 0.4) is 0 Å². The number of carboxylic acid groups (broad SMARTS) is 1. The molecule has 4 N–H and O–H groups in total. The first-order valence-corrected chi connectivity index (χ1v) is 10.1. The van der Waals surface area contributed by atoms with Gasteiger partial charge in [-0.25, -0.2) is 9.59 Å². The Hall–Kier alpha value is -4.01. The number of benzene rings is 2. The number of aryl methyl sites for hydroxylation is 1. The molecule has 2 aromatic carbocycles. The third-order valence-corrected chi connectivity index (χ3v) is 4.86. The molecule has 3 amide bonds. The number of carbonyl (C=O) groups excluding carboxylic acids is 2. The van der Waals surface area contributed by atoms with Crippen molar-refractivity contribution >= 4 is 23.6 Å². The fourth-order valence-electron chi connectivity index (χ4n) is 3.38. The number of rotatable bonds is 8. The van der Waals surface area contributed by atoms with Gasteiger partial charge in [-0.1, -0.05) is 24.3 Å². The monoisotopic (exact) mass is 439 g/mol. The van der Waals surface area contributed by atoms with Crippen molar-refractivity contribution in [2.45, 2.75) is 26.8 Å². The second-order valence-corrected chi connectivity index (χ2v) is 7.16. The summed E-state index contributed by atoms with van der Waals surface area (Å²) in [6.45, 7) is 5.13. The van der Waals surface area contributed by atoms with Gasteiger partial charge in [-0.05, 0) is 50.1 Å². The van der Waals surface area contributed by atoms with Crippen LogP contribution in [0.5, 0.6) is 11.5 Å². The molecule has 0 aromatic heterocycles. The van der Waals surface area contributed by atoms with E-state index >= 15 is 0 Å². The first kappa shape index (κ1) is 22.7. The molecule has 0 unspecified atom stereocenters. The second kappa shape index (κ2) is 9.86. The molecule has 0 saturated heterocycles. The average molecular weight is 439 g/mol. The maximum atomic E-state index is 13.2. The van der Waals surface area contributed by atoms with Crippen molar-refractivity contribution in [2.75, 3.05) is 18.5 Å². The number of ether oxygens (including phenoxy) is 2. The van der Waals surface area contributed by atoms with Crippen LogP contribution >= 0.6 is 0 Å². The smallest absolute Gasteiger partial charge is 0.341 e. The Morgan fingerprint density at radius 1 is 1.09 bits per heavy atom. The lowest BCUT2D eigenvalue weighted by Crippen LogP contribution is -2.46. The Bertz CT molecular complexity index is 1080. The van der Waals surface area contributed by atoms with Crippen molar-refractivity contribution in [3.8, 4) is 11.5 Å². The minimum absolute atomic E-state index is 0.255. The number of allylic oxidation sites excluding steroid dienone is 1. The number of carbonyl (C=O) groups is 3. The van der Waals surface area contributed by atoms with Crippen LogP contribution in [0.15, 0.2) is 53.7 Å². The molecular formula is C23H25N3O6. The highest BCUT2D eigenvalue weighted by molar-refractivity contribution is 6.07. The molecule has 0 radical (unpaired) electrons. The van der Waals surface area contributed by atoms with E-state index in [1.807, 2.05) is 25.1 Å². The third kappa shape index (κ3) is 5.18. The molecule has 0 spiro atoms. The predicted octanol–water partition coefficient (Wildman–Crippen LogP) is 3.12. The van der Waals surface area contributed by atoms with E-state index < -0.39 is 24.6 Å². The van der Waals surface area contributed by atoms with Crippen LogP contribution in [0.2, 0.25) is 0 Å². The Kier molecular flexibility index (Phi) is 6.99.